The van der Waals surface area contributed by atoms with Crippen molar-refractivity contribution in [3.8, 4) is 5.75 Å². The molecule has 2 amide bonds. The third-order valence-corrected chi connectivity index (χ3v) is 8.13. The summed E-state index contributed by atoms with van der Waals surface area (Å²) < 4.78 is 5.35. The number of hydrogen-bond acceptors (Lipinski definition) is 4. The molecule has 2 heterocycles. The molecule has 0 saturated heterocycles. The summed E-state index contributed by atoms with van der Waals surface area (Å²) in [5.41, 5.74) is 4.14. The maximum absolute atomic E-state index is 13.8. The second kappa shape index (κ2) is 12.9. The summed E-state index contributed by atoms with van der Waals surface area (Å²) in [4.78, 5) is 32.4. The van der Waals surface area contributed by atoms with Crippen LogP contribution in [-0.4, -0.2) is 48.4 Å². The zero-order valence-electron chi connectivity index (χ0n) is 22.2. The van der Waals surface area contributed by atoms with Gasteiger partial charge in [0.2, 0.25) is 5.91 Å². The molecule has 5 nitrogen and oxygen atoms in total. The fourth-order valence-corrected chi connectivity index (χ4v) is 5.87. The molecule has 2 aromatic carbocycles. The SMILES string of the molecule is CCCCc1ccc(C(=O)N(CCCC)CC(=O)N2CCc3sccc3C2c2ccc(OC)cc2)cc1. The molecule has 1 aromatic heterocycles. The van der Waals surface area contributed by atoms with Crippen LogP contribution in [0.2, 0.25) is 0 Å². The molecule has 4 rings (SSSR count). The van der Waals surface area contributed by atoms with Crippen LogP contribution in [0.4, 0.5) is 0 Å². The number of fused-ring (bicyclic) bond motifs is 1. The first-order valence-electron chi connectivity index (χ1n) is 13.4. The quantitative estimate of drug-likeness (QED) is 0.291. The average molecular weight is 519 g/mol. The van der Waals surface area contributed by atoms with Crippen LogP contribution in [-0.2, 0) is 17.6 Å². The summed E-state index contributed by atoms with van der Waals surface area (Å²) in [6, 6.07) is 17.9. The highest BCUT2D eigenvalue weighted by atomic mass is 32.1. The minimum absolute atomic E-state index is 0.0123. The zero-order valence-corrected chi connectivity index (χ0v) is 23.1. The highest BCUT2D eigenvalue weighted by Crippen LogP contribution is 2.38. The molecule has 0 radical (unpaired) electrons. The second-order valence-electron chi connectivity index (χ2n) is 9.69. The highest BCUT2D eigenvalue weighted by molar-refractivity contribution is 7.10. The van der Waals surface area contributed by atoms with Gasteiger partial charge >= 0.3 is 0 Å². The van der Waals surface area contributed by atoms with Crippen molar-refractivity contribution >= 4 is 23.2 Å². The van der Waals surface area contributed by atoms with Gasteiger partial charge in [-0.3, -0.25) is 9.59 Å². The van der Waals surface area contributed by atoms with Crippen LogP contribution in [0.1, 0.15) is 77.5 Å². The number of benzene rings is 2. The van der Waals surface area contributed by atoms with E-state index in [0.717, 1.165) is 49.8 Å². The van der Waals surface area contributed by atoms with Crippen LogP contribution >= 0.6 is 11.3 Å². The summed E-state index contributed by atoms with van der Waals surface area (Å²) in [5.74, 6) is 0.708. The lowest BCUT2D eigenvalue weighted by atomic mass is 9.93. The maximum atomic E-state index is 13.8. The van der Waals surface area contributed by atoms with E-state index in [1.165, 1.54) is 16.0 Å². The minimum Gasteiger partial charge on any atom is -0.497 e. The number of ether oxygens (including phenoxy) is 1. The van der Waals surface area contributed by atoms with Crippen LogP contribution in [0, 0.1) is 0 Å². The lowest BCUT2D eigenvalue weighted by Crippen LogP contribution is -2.47. The number of amides is 2. The van der Waals surface area contributed by atoms with Gasteiger partial charge in [0.15, 0.2) is 0 Å². The first-order valence-corrected chi connectivity index (χ1v) is 14.3. The van der Waals surface area contributed by atoms with Gasteiger partial charge in [0.1, 0.15) is 12.3 Å². The number of rotatable bonds is 11. The molecule has 1 atom stereocenters. The largest absolute Gasteiger partial charge is 0.497 e. The number of methoxy groups -OCH3 is 1. The van der Waals surface area contributed by atoms with Gasteiger partial charge in [0.25, 0.3) is 5.91 Å². The van der Waals surface area contributed by atoms with Gasteiger partial charge in [-0.1, -0.05) is 51.0 Å². The molecular formula is C31H38N2O3S. The van der Waals surface area contributed by atoms with Gasteiger partial charge < -0.3 is 14.5 Å². The van der Waals surface area contributed by atoms with E-state index in [1.807, 2.05) is 53.4 Å². The summed E-state index contributed by atoms with van der Waals surface area (Å²) in [7, 11) is 1.66. The number of unbranched alkanes of at least 4 members (excludes halogenated alkanes) is 2. The highest BCUT2D eigenvalue weighted by Gasteiger charge is 2.34. The molecule has 3 aromatic rings. The summed E-state index contributed by atoms with van der Waals surface area (Å²) in [5, 5.41) is 2.11. The summed E-state index contributed by atoms with van der Waals surface area (Å²) in [6.07, 6.45) is 5.98. The number of nitrogens with zero attached hydrogens (tertiary/aromatic N) is 2. The Morgan fingerprint density at radius 2 is 1.73 bits per heavy atom. The number of carbonyl (C=O) groups is 2. The van der Waals surface area contributed by atoms with Gasteiger partial charge in [-0.05, 0) is 78.1 Å². The molecule has 0 fully saturated rings. The summed E-state index contributed by atoms with van der Waals surface area (Å²) >= 11 is 1.75. The Morgan fingerprint density at radius 1 is 1.00 bits per heavy atom. The predicted molar refractivity (Wildman–Crippen MR) is 150 cm³/mol. The third-order valence-electron chi connectivity index (χ3n) is 7.13. The second-order valence-corrected chi connectivity index (χ2v) is 10.7. The van der Waals surface area contributed by atoms with E-state index < -0.39 is 0 Å². The lowest BCUT2D eigenvalue weighted by Gasteiger charge is -2.37. The van der Waals surface area contributed by atoms with E-state index in [-0.39, 0.29) is 24.4 Å². The molecule has 0 N–H and O–H groups in total. The monoisotopic (exact) mass is 518 g/mol. The Balaban J connectivity index is 1.55. The van der Waals surface area contributed by atoms with Gasteiger partial charge in [-0.15, -0.1) is 11.3 Å². The predicted octanol–water partition coefficient (Wildman–Crippen LogP) is 6.52. The van der Waals surface area contributed by atoms with Gasteiger partial charge in [-0.25, -0.2) is 0 Å². The van der Waals surface area contributed by atoms with E-state index in [4.69, 9.17) is 4.74 Å². The normalized spacial score (nSPS) is 14.8. The molecule has 37 heavy (non-hydrogen) atoms. The maximum Gasteiger partial charge on any atom is 0.254 e. The topological polar surface area (TPSA) is 49.9 Å². The van der Waals surface area contributed by atoms with Crippen molar-refractivity contribution in [2.75, 3.05) is 26.7 Å². The van der Waals surface area contributed by atoms with Crippen molar-refractivity contribution in [2.45, 2.75) is 58.4 Å². The van der Waals surface area contributed by atoms with E-state index in [0.29, 0.717) is 18.7 Å². The standard InChI is InChI=1S/C31H38N2O3S/c1-4-6-8-23-9-11-25(12-10-23)31(35)32(19-7-5-2)22-29(34)33-20-17-28-27(18-21-37-28)30(33)24-13-15-26(36-3)16-14-24/h9-16,18,21,30H,4-8,17,19-20,22H2,1-3H3. The lowest BCUT2D eigenvalue weighted by molar-refractivity contribution is -0.134. The van der Waals surface area contributed by atoms with Crippen LogP contribution in [0.15, 0.2) is 60.0 Å². The van der Waals surface area contributed by atoms with Crippen molar-refractivity contribution in [2.24, 2.45) is 0 Å². The van der Waals surface area contributed by atoms with Crippen molar-refractivity contribution in [3.05, 3.63) is 87.1 Å². The Morgan fingerprint density at radius 3 is 2.41 bits per heavy atom. The van der Waals surface area contributed by atoms with Crippen LogP contribution in [0.25, 0.3) is 0 Å². The fraction of sp³-hybridized carbons (Fsp3) is 0.419. The van der Waals surface area contributed by atoms with Gasteiger partial charge in [0.05, 0.1) is 13.2 Å². The molecule has 1 unspecified atom stereocenters. The first kappa shape index (κ1) is 26.9. The average Bonchev–Trinajstić information content (AvgIpc) is 3.42. The molecule has 1 aliphatic heterocycles. The van der Waals surface area contributed by atoms with Crippen LogP contribution in [0.5, 0.6) is 5.75 Å². The van der Waals surface area contributed by atoms with Crippen molar-refractivity contribution < 1.29 is 14.3 Å². The molecule has 6 heteroatoms. The van der Waals surface area contributed by atoms with Crippen molar-refractivity contribution in [1.29, 1.82) is 0 Å². The molecule has 0 saturated carbocycles. The number of hydrogen-bond donors (Lipinski definition) is 0. The van der Waals surface area contributed by atoms with E-state index in [1.54, 1.807) is 23.3 Å². The fourth-order valence-electron chi connectivity index (χ4n) is 4.96. The Labute approximate surface area is 225 Å². The minimum atomic E-state index is -0.158. The number of aryl methyl sites for hydroxylation is 1. The zero-order chi connectivity index (χ0) is 26.2. The number of carbonyl (C=O) groups excluding carboxylic acids is 2. The van der Waals surface area contributed by atoms with Gasteiger partial charge in [0, 0.05) is 23.5 Å². The first-order chi connectivity index (χ1) is 18.0. The smallest absolute Gasteiger partial charge is 0.254 e. The van der Waals surface area contributed by atoms with Gasteiger partial charge in [-0.2, -0.15) is 0 Å². The molecule has 0 spiro atoms. The third kappa shape index (κ3) is 6.42. The van der Waals surface area contributed by atoms with E-state index >= 15 is 0 Å². The van der Waals surface area contributed by atoms with E-state index in [9.17, 15) is 9.59 Å². The molecule has 1 aliphatic rings. The molecular weight excluding hydrogens is 480 g/mol. The Hall–Kier alpha value is -3.12. The Bertz CT molecular complexity index is 1170. The molecule has 196 valence electrons. The van der Waals surface area contributed by atoms with Crippen molar-refractivity contribution in [1.82, 2.24) is 9.80 Å². The van der Waals surface area contributed by atoms with Crippen molar-refractivity contribution in [3.63, 3.8) is 0 Å². The summed E-state index contributed by atoms with van der Waals surface area (Å²) in [6.45, 7) is 5.59. The number of thiophene rings is 1. The molecule has 0 bridgehead atoms. The van der Waals surface area contributed by atoms with Crippen LogP contribution in [0.3, 0.4) is 0 Å². The Kier molecular flexibility index (Phi) is 9.40. The van der Waals surface area contributed by atoms with E-state index in [2.05, 4.69) is 25.3 Å². The van der Waals surface area contributed by atoms with Crippen LogP contribution < -0.4 is 4.74 Å². The molecule has 0 aliphatic carbocycles.